The maximum Gasteiger partial charge on any atom is 0.318 e. The summed E-state index contributed by atoms with van der Waals surface area (Å²) in [4.78, 5) is 23.9. The molecule has 1 unspecified atom stereocenters. The highest BCUT2D eigenvalue weighted by molar-refractivity contribution is 8.00. The Bertz CT molecular complexity index is 666. The Morgan fingerprint density at radius 2 is 2.14 bits per heavy atom. The Kier molecular flexibility index (Phi) is 5.19. The fourth-order valence-corrected chi connectivity index (χ4v) is 3.58. The van der Waals surface area contributed by atoms with E-state index in [-0.39, 0.29) is 5.92 Å². The van der Waals surface area contributed by atoms with E-state index in [0.29, 0.717) is 5.16 Å². The third-order valence-corrected chi connectivity index (χ3v) is 5.36. The number of urea groups is 1. The molecule has 0 spiro atoms. The summed E-state index contributed by atoms with van der Waals surface area (Å²) in [6.45, 7) is 3.80. The van der Waals surface area contributed by atoms with E-state index < -0.39 is 17.2 Å². The standard InChI is InChI=1S/C13H17N5O2S2/c1-7(2)9(11(19)15-12(14)20)22-13-17-16-10(18(13)3)8-5-4-6-21-8/h4-7,9H,1-3H3,(H3,14,15,19,20). The van der Waals surface area contributed by atoms with Gasteiger partial charge in [0.15, 0.2) is 11.0 Å². The smallest absolute Gasteiger partial charge is 0.318 e. The number of rotatable bonds is 5. The lowest BCUT2D eigenvalue weighted by Gasteiger charge is -2.18. The summed E-state index contributed by atoms with van der Waals surface area (Å²) in [7, 11) is 1.85. The van der Waals surface area contributed by atoms with Gasteiger partial charge < -0.3 is 10.3 Å². The SMILES string of the molecule is CC(C)C(Sc1nnc(-c2cccs2)n1C)C(=O)NC(N)=O. The molecule has 0 aromatic carbocycles. The van der Waals surface area contributed by atoms with E-state index in [1.807, 2.05) is 43.0 Å². The van der Waals surface area contributed by atoms with Crippen LogP contribution in [0.1, 0.15) is 13.8 Å². The van der Waals surface area contributed by atoms with Crippen molar-refractivity contribution in [1.29, 1.82) is 0 Å². The summed E-state index contributed by atoms with van der Waals surface area (Å²) >= 11 is 2.84. The first kappa shape index (κ1) is 16.5. The Morgan fingerprint density at radius 3 is 2.68 bits per heavy atom. The summed E-state index contributed by atoms with van der Waals surface area (Å²) in [5.74, 6) is 0.328. The molecule has 2 aromatic rings. The Morgan fingerprint density at radius 1 is 1.41 bits per heavy atom. The summed E-state index contributed by atoms with van der Waals surface area (Å²) in [6.07, 6.45) is 0. The molecular weight excluding hydrogens is 322 g/mol. The number of primary amides is 1. The van der Waals surface area contributed by atoms with Gasteiger partial charge in [0.1, 0.15) is 0 Å². The quantitative estimate of drug-likeness (QED) is 0.809. The van der Waals surface area contributed by atoms with Crippen LogP contribution in [0.3, 0.4) is 0 Å². The molecule has 0 aliphatic heterocycles. The summed E-state index contributed by atoms with van der Waals surface area (Å²) in [5.41, 5.74) is 5.01. The molecule has 3 amide bonds. The predicted octanol–water partition coefficient (Wildman–Crippen LogP) is 1.86. The molecule has 3 N–H and O–H groups in total. The fourth-order valence-electron chi connectivity index (χ4n) is 1.84. The molecule has 2 rings (SSSR count). The minimum atomic E-state index is -0.853. The number of aromatic nitrogens is 3. The third kappa shape index (κ3) is 3.66. The average Bonchev–Trinajstić information content (AvgIpc) is 3.04. The van der Waals surface area contributed by atoms with E-state index in [2.05, 4.69) is 15.5 Å². The summed E-state index contributed by atoms with van der Waals surface area (Å²) in [6, 6.07) is 3.05. The van der Waals surface area contributed by atoms with E-state index in [9.17, 15) is 9.59 Å². The average molecular weight is 339 g/mol. The van der Waals surface area contributed by atoms with Crippen molar-refractivity contribution < 1.29 is 9.59 Å². The third-order valence-electron chi connectivity index (χ3n) is 2.92. The number of hydrogen-bond acceptors (Lipinski definition) is 6. The van der Waals surface area contributed by atoms with Gasteiger partial charge in [0.2, 0.25) is 5.91 Å². The minimum Gasteiger partial charge on any atom is -0.351 e. The highest BCUT2D eigenvalue weighted by Gasteiger charge is 2.27. The first-order valence-electron chi connectivity index (χ1n) is 6.60. The number of amides is 3. The van der Waals surface area contributed by atoms with Gasteiger partial charge in [0.05, 0.1) is 10.1 Å². The van der Waals surface area contributed by atoms with Crippen LogP contribution in [0, 0.1) is 5.92 Å². The molecule has 1 atom stereocenters. The second-order valence-corrected chi connectivity index (χ2v) is 7.03. The molecule has 118 valence electrons. The molecule has 0 saturated carbocycles. The van der Waals surface area contributed by atoms with E-state index in [4.69, 9.17) is 5.73 Å². The summed E-state index contributed by atoms with van der Waals surface area (Å²) in [5, 5.41) is 12.5. The number of nitrogens with one attached hydrogen (secondary N) is 1. The number of carbonyl (C=O) groups is 2. The maximum absolute atomic E-state index is 12.1. The van der Waals surface area contributed by atoms with E-state index in [1.165, 1.54) is 11.8 Å². The Balaban J connectivity index is 2.21. The maximum atomic E-state index is 12.1. The van der Waals surface area contributed by atoms with Gasteiger partial charge in [-0.05, 0) is 17.4 Å². The molecule has 0 aliphatic carbocycles. The molecule has 9 heteroatoms. The van der Waals surface area contributed by atoms with Crippen LogP contribution < -0.4 is 11.1 Å². The number of nitrogens with two attached hydrogens (primary N) is 1. The van der Waals surface area contributed by atoms with Crippen LogP contribution in [0.2, 0.25) is 0 Å². The molecular formula is C13H17N5O2S2. The molecule has 2 aromatic heterocycles. The number of nitrogens with zero attached hydrogens (tertiary/aromatic N) is 3. The number of thiophene rings is 1. The van der Waals surface area contributed by atoms with Crippen molar-refractivity contribution >= 4 is 35.0 Å². The van der Waals surface area contributed by atoms with Crippen molar-refractivity contribution in [3.63, 3.8) is 0 Å². The number of hydrogen-bond donors (Lipinski definition) is 2. The second-order valence-electron chi connectivity index (χ2n) is 4.98. The van der Waals surface area contributed by atoms with Crippen molar-refractivity contribution in [2.75, 3.05) is 0 Å². The molecule has 0 aliphatic rings. The van der Waals surface area contributed by atoms with Crippen molar-refractivity contribution in [1.82, 2.24) is 20.1 Å². The van der Waals surface area contributed by atoms with Crippen molar-refractivity contribution in [3.05, 3.63) is 17.5 Å². The van der Waals surface area contributed by atoms with Crippen LogP contribution in [0.25, 0.3) is 10.7 Å². The van der Waals surface area contributed by atoms with Gasteiger partial charge >= 0.3 is 6.03 Å². The van der Waals surface area contributed by atoms with E-state index in [0.717, 1.165) is 10.7 Å². The monoisotopic (exact) mass is 339 g/mol. The van der Waals surface area contributed by atoms with Crippen LogP contribution in [-0.2, 0) is 11.8 Å². The Hall–Kier alpha value is -1.87. The highest BCUT2D eigenvalue weighted by atomic mass is 32.2. The van der Waals surface area contributed by atoms with Gasteiger partial charge in [0, 0.05) is 7.05 Å². The van der Waals surface area contributed by atoms with Gasteiger partial charge in [-0.1, -0.05) is 31.7 Å². The highest BCUT2D eigenvalue weighted by Crippen LogP contribution is 2.30. The van der Waals surface area contributed by atoms with E-state index in [1.54, 1.807) is 11.3 Å². The van der Waals surface area contributed by atoms with Crippen molar-refractivity contribution in [2.45, 2.75) is 24.3 Å². The number of carbonyl (C=O) groups excluding carboxylic acids is 2. The zero-order valence-electron chi connectivity index (χ0n) is 12.4. The topological polar surface area (TPSA) is 103 Å². The Labute approximate surface area is 136 Å². The van der Waals surface area contributed by atoms with Crippen LogP contribution >= 0.6 is 23.1 Å². The normalized spacial score (nSPS) is 12.4. The first-order valence-corrected chi connectivity index (χ1v) is 8.36. The lowest BCUT2D eigenvalue weighted by atomic mass is 10.1. The second kappa shape index (κ2) is 6.93. The minimum absolute atomic E-state index is 0.00578. The molecule has 2 heterocycles. The number of imide groups is 1. The largest absolute Gasteiger partial charge is 0.351 e. The lowest BCUT2D eigenvalue weighted by Crippen LogP contribution is -2.42. The van der Waals surface area contributed by atoms with Gasteiger partial charge in [0.25, 0.3) is 0 Å². The molecule has 0 fully saturated rings. The van der Waals surface area contributed by atoms with Gasteiger partial charge in [-0.3, -0.25) is 10.1 Å². The molecule has 22 heavy (non-hydrogen) atoms. The van der Waals surface area contributed by atoms with Gasteiger partial charge in [-0.15, -0.1) is 21.5 Å². The zero-order chi connectivity index (χ0) is 16.3. The number of thioether (sulfide) groups is 1. The first-order chi connectivity index (χ1) is 10.4. The fraction of sp³-hybridized carbons (Fsp3) is 0.385. The van der Waals surface area contributed by atoms with Crippen LogP contribution in [0.15, 0.2) is 22.7 Å². The predicted molar refractivity (Wildman–Crippen MR) is 86.5 cm³/mol. The lowest BCUT2D eigenvalue weighted by molar-refractivity contribution is -0.120. The van der Waals surface area contributed by atoms with Crippen LogP contribution in [-0.4, -0.2) is 32.0 Å². The van der Waals surface area contributed by atoms with Crippen molar-refractivity contribution in [2.24, 2.45) is 18.7 Å². The molecule has 0 saturated heterocycles. The molecule has 0 bridgehead atoms. The van der Waals surface area contributed by atoms with Crippen LogP contribution in [0.4, 0.5) is 4.79 Å². The van der Waals surface area contributed by atoms with Gasteiger partial charge in [-0.25, -0.2) is 4.79 Å². The molecule has 7 nitrogen and oxygen atoms in total. The van der Waals surface area contributed by atoms with E-state index >= 15 is 0 Å². The van der Waals surface area contributed by atoms with Crippen molar-refractivity contribution in [3.8, 4) is 10.7 Å². The molecule has 0 radical (unpaired) electrons. The van der Waals surface area contributed by atoms with Gasteiger partial charge in [-0.2, -0.15) is 0 Å². The summed E-state index contributed by atoms with van der Waals surface area (Å²) < 4.78 is 1.84. The van der Waals surface area contributed by atoms with Crippen LogP contribution in [0.5, 0.6) is 0 Å². The zero-order valence-corrected chi connectivity index (χ0v) is 14.1.